The maximum atomic E-state index is 12.8. The lowest BCUT2D eigenvalue weighted by Crippen LogP contribution is -2.53. The van der Waals surface area contributed by atoms with Gasteiger partial charge in [-0.3, -0.25) is 9.69 Å². The van der Waals surface area contributed by atoms with Crippen molar-refractivity contribution in [2.45, 2.75) is 55.2 Å². The van der Waals surface area contributed by atoms with Crippen molar-refractivity contribution in [2.24, 2.45) is 0 Å². The number of imide groups is 1. The minimum atomic E-state index is -0.882. The molecular weight excluding hydrogens is 374 g/mol. The van der Waals surface area contributed by atoms with Gasteiger partial charge < -0.3 is 19.5 Å². The third-order valence-corrected chi connectivity index (χ3v) is 7.06. The van der Waals surface area contributed by atoms with Crippen molar-refractivity contribution in [1.82, 2.24) is 10.2 Å². The number of benzene rings is 1. The van der Waals surface area contributed by atoms with Crippen LogP contribution in [0.5, 0.6) is 11.5 Å². The Morgan fingerprint density at radius 1 is 1.21 bits per heavy atom. The van der Waals surface area contributed by atoms with Crippen molar-refractivity contribution in [3.8, 4) is 17.6 Å². The number of fused-ring (bicyclic) bond motifs is 2. The van der Waals surface area contributed by atoms with E-state index in [-0.39, 0.29) is 36.1 Å². The van der Waals surface area contributed by atoms with E-state index < -0.39 is 5.54 Å². The Hall–Kier alpha value is -2.79. The lowest BCUT2D eigenvalue weighted by molar-refractivity contribution is -0.135. The maximum Gasteiger partial charge on any atom is 0.325 e. The van der Waals surface area contributed by atoms with Crippen molar-refractivity contribution in [3.63, 3.8) is 0 Å². The molecule has 150 valence electrons. The summed E-state index contributed by atoms with van der Waals surface area (Å²) in [4.78, 5) is 26.6. The second-order valence-corrected chi connectivity index (χ2v) is 8.85. The largest absolute Gasteiger partial charge is 0.492 e. The van der Waals surface area contributed by atoms with Crippen molar-refractivity contribution < 1.29 is 23.8 Å². The number of urea groups is 1. The number of hydrogen-bond donors (Lipinski definition) is 1. The standard InChI is InChI=1S/C21H21N3O5/c22-9-12-1-2-15-16(20(3-4-20)10-28-15)17(12)29-14-7-13(8-14)24-18(25)21(23-19(24)26)5-6-27-11-21/h1-2,13-14H,3-8,10-11H2,(H,23,26)/t13?,14?,21-/m0/s1. The molecule has 3 heterocycles. The average Bonchev–Trinajstić information content (AvgIpc) is 3.03. The van der Waals surface area contributed by atoms with E-state index in [1.165, 1.54) is 4.90 Å². The molecule has 2 saturated heterocycles. The summed E-state index contributed by atoms with van der Waals surface area (Å²) in [5.74, 6) is 1.25. The fraction of sp³-hybridized carbons (Fsp3) is 0.571. The van der Waals surface area contributed by atoms with E-state index in [4.69, 9.17) is 14.2 Å². The minimum absolute atomic E-state index is 0.000332. The topological polar surface area (TPSA) is 101 Å². The molecule has 6 rings (SSSR count). The summed E-state index contributed by atoms with van der Waals surface area (Å²) < 4.78 is 17.4. The van der Waals surface area contributed by atoms with E-state index in [1.807, 2.05) is 6.07 Å². The van der Waals surface area contributed by atoms with Gasteiger partial charge in [0, 0.05) is 42.9 Å². The Bertz CT molecular complexity index is 967. The first kappa shape index (κ1) is 17.1. The van der Waals surface area contributed by atoms with E-state index in [0.29, 0.717) is 43.8 Å². The molecule has 1 aromatic carbocycles. The van der Waals surface area contributed by atoms with Gasteiger partial charge in [-0.2, -0.15) is 5.26 Å². The number of carbonyl (C=O) groups is 2. The maximum absolute atomic E-state index is 12.8. The van der Waals surface area contributed by atoms with E-state index in [0.717, 1.165) is 24.2 Å². The quantitative estimate of drug-likeness (QED) is 0.781. The van der Waals surface area contributed by atoms with Crippen LogP contribution in [0.3, 0.4) is 0 Å². The summed E-state index contributed by atoms with van der Waals surface area (Å²) in [5, 5.41) is 12.4. The van der Waals surface area contributed by atoms with Crippen molar-refractivity contribution in [3.05, 3.63) is 23.3 Å². The van der Waals surface area contributed by atoms with Crippen LogP contribution in [-0.4, -0.2) is 54.3 Å². The van der Waals surface area contributed by atoms with Crippen molar-refractivity contribution >= 4 is 11.9 Å². The predicted octanol–water partition coefficient (Wildman–Crippen LogP) is 1.60. The van der Waals surface area contributed by atoms with Crippen LogP contribution >= 0.6 is 0 Å². The molecule has 0 radical (unpaired) electrons. The highest BCUT2D eigenvalue weighted by molar-refractivity contribution is 6.07. The van der Waals surface area contributed by atoms with Gasteiger partial charge in [-0.05, 0) is 25.0 Å². The van der Waals surface area contributed by atoms with Gasteiger partial charge in [0.1, 0.15) is 29.2 Å². The van der Waals surface area contributed by atoms with Gasteiger partial charge in [0.25, 0.3) is 5.91 Å². The first-order valence-electron chi connectivity index (χ1n) is 10.2. The van der Waals surface area contributed by atoms with Gasteiger partial charge in [-0.25, -0.2) is 4.79 Å². The molecule has 1 aromatic rings. The fourth-order valence-electron chi connectivity index (χ4n) is 5.05. The molecular formula is C21H21N3O5. The van der Waals surface area contributed by atoms with E-state index in [2.05, 4.69) is 11.4 Å². The zero-order valence-corrected chi connectivity index (χ0v) is 15.9. The summed E-state index contributed by atoms with van der Waals surface area (Å²) in [6.07, 6.45) is 3.62. The minimum Gasteiger partial charge on any atom is -0.492 e. The normalized spacial score (nSPS) is 33.3. The summed E-state index contributed by atoms with van der Waals surface area (Å²) in [5.41, 5.74) is 0.658. The second-order valence-electron chi connectivity index (χ2n) is 8.85. The third-order valence-electron chi connectivity index (χ3n) is 7.06. The number of nitriles is 1. The highest BCUT2D eigenvalue weighted by Crippen LogP contribution is 2.59. The Kier molecular flexibility index (Phi) is 3.32. The Balaban J connectivity index is 1.20. The molecule has 1 N–H and O–H groups in total. The molecule has 2 saturated carbocycles. The van der Waals surface area contributed by atoms with Gasteiger partial charge in [-0.15, -0.1) is 0 Å². The first-order chi connectivity index (χ1) is 14.1. The zero-order chi connectivity index (χ0) is 19.8. The van der Waals surface area contributed by atoms with E-state index in [1.54, 1.807) is 6.07 Å². The lowest BCUT2D eigenvalue weighted by atomic mass is 9.86. The van der Waals surface area contributed by atoms with Crippen LogP contribution in [0.15, 0.2) is 12.1 Å². The molecule has 2 aliphatic carbocycles. The van der Waals surface area contributed by atoms with E-state index >= 15 is 0 Å². The third kappa shape index (κ3) is 2.28. The average molecular weight is 395 g/mol. The molecule has 0 bridgehead atoms. The molecule has 5 aliphatic rings. The number of carbonyl (C=O) groups excluding carboxylic acids is 2. The van der Waals surface area contributed by atoms with Crippen LogP contribution in [-0.2, 0) is 14.9 Å². The van der Waals surface area contributed by atoms with Crippen LogP contribution < -0.4 is 14.8 Å². The van der Waals surface area contributed by atoms with Crippen molar-refractivity contribution in [2.75, 3.05) is 19.8 Å². The second kappa shape index (κ2) is 5.63. The summed E-state index contributed by atoms with van der Waals surface area (Å²) in [6.45, 7) is 1.37. The summed E-state index contributed by atoms with van der Waals surface area (Å²) in [6, 6.07) is 5.31. The number of nitrogens with one attached hydrogen (secondary N) is 1. The monoisotopic (exact) mass is 395 g/mol. The molecule has 8 heteroatoms. The number of nitrogens with zero attached hydrogens (tertiary/aromatic N) is 2. The molecule has 1 atom stereocenters. The molecule has 3 aliphatic heterocycles. The number of hydrogen-bond acceptors (Lipinski definition) is 6. The van der Waals surface area contributed by atoms with Crippen LogP contribution in [0.2, 0.25) is 0 Å². The molecule has 3 amide bonds. The van der Waals surface area contributed by atoms with Crippen molar-refractivity contribution in [1.29, 1.82) is 5.26 Å². The highest BCUT2D eigenvalue weighted by Gasteiger charge is 2.58. The number of rotatable bonds is 3. The fourth-order valence-corrected chi connectivity index (χ4v) is 5.05. The highest BCUT2D eigenvalue weighted by atomic mass is 16.5. The number of amides is 3. The SMILES string of the molecule is N#Cc1ccc2c(c1OC1CC(N3C(=O)N[C@]4(CCOC4)C3=O)C1)C1(CC1)CO2. The molecule has 8 nitrogen and oxygen atoms in total. The van der Waals surface area contributed by atoms with Crippen LogP contribution in [0, 0.1) is 11.3 Å². The molecule has 0 aromatic heterocycles. The van der Waals surface area contributed by atoms with Gasteiger partial charge in [0.15, 0.2) is 0 Å². The summed E-state index contributed by atoms with van der Waals surface area (Å²) >= 11 is 0. The van der Waals surface area contributed by atoms with Gasteiger partial charge in [0.05, 0.1) is 18.8 Å². The molecule has 2 spiro atoms. The Morgan fingerprint density at radius 3 is 2.72 bits per heavy atom. The van der Waals surface area contributed by atoms with Crippen LogP contribution in [0.4, 0.5) is 4.79 Å². The zero-order valence-electron chi connectivity index (χ0n) is 15.9. The molecule has 29 heavy (non-hydrogen) atoms. The van der Waals surface area contributed by atoms with Gasteiger partial charge >= 0.3 is 6.03 Å². The van der Waals surface area contributed by atoms with E-state index in [9.17, 15) is 14.9 Å². The van der Waals surface area contributed by atoms with Crippen LogP contribution in [0.25, 0.3) is 0 Å². The predicted molar refractivity (Wildman–Crippen MR) is 98.5 cm³/mol. The Morgan fingerprint density at radius 2 is 2.03 bits per heavy atom. The van der Waals surface area contributed by atoms with Gasteiger partial charge in [-0.1, -0.05) is 0 Å². The molecule has 4 fully saturated rings. The lowest BCUT2D eigenvalue weighted by Gasteiger charge is -2.40. The Labute approximate surface area is 167 Å². The number of ether oxygens (including phenoxy) is 3. The molecule has 0 unspecified atom stereocenters. The van der Waals surface area contributed by atoms with Gasteiger partial charge in [0.2, 0.25) is 0 Å². The van der Waals surface area contributed by atoms with Crippen LogP contribution in [0.1, 0.15) is 43.2 Å². The first-order valence-corrected chi connectivity index (χ1v) is 10.2. The smallest absolute Gasteiger partial charge is 0.325 e. The summed E-state index contributed by atoms with van der Waals surface area (Å²) in [7, 11) is 0.